The summed E-state index contributed by atoms with van der Waals surface area (Å²) in [6, 6.07) is 8.26. The molecule has 7 nitrogen and oxygen atoms in total. The lowest BCUT2D eigenvalue weighted by Crippen LogP contribution is -2.46. The number of carbonyl (C=O) groups excluding carboxylic acids is 2. The topological polar surface area (TPSA) is 65.1 Å². The van der Waals surface area contributed by atoms with Crippen LogP contribution in [0.15, 0.2) is 24.3 Å². The quantitative estimate of drug-likeness (QED) is 0.805. The fourth-order valence-corrected chi connectivity index (χ4v) is 3.77. The van der Waals surface area contributed by atoms with Gasteiger partial charge in [0.1, 0.15) is 0 Å². The zero-order chi connectivity index (χ0) is 19.9. The molecule has 154 valence electrons. The Morgan fingerprint density at radius 1 is 1.14 bits per heavy atom. The van der Waals surface area contributed by atoms with E-state index in [9.17, 15) is 9.59 Å². The first-order valence-corrected chi connectivity index (χ1v) is 10.2. The van der Waals surface area contributed by atoms with Crippen LogP contribution in [0.25, 0.3) is 0 Å². The van der Waals surface area contributed by atoms with Gasteiger partial charge in [0, 0.05) is 37.6 Å². The number of nitrogens with one attached hydrogen (secondary N) is 1. The van der Waals surface area contributed by atoms with Gasteiger partial charge >= 0.3 is 0 Å². The normalized spacial score (nSPS) is 20.6. The standard InChI is InChI=1S/C21H32N4O3/c1-17-5-3-4-10-25(17)16-21(27)23(2)15-20(26)22-18-6-8-19(9-7-18)24-11-13-28-14-12-24/h6-9,17H,3-5,10-16H2,1-2H3,(H,22,26)/t17-/m1/s1. The Kier molecular flexibility index (Phi) is 7.28. The Hall–Kier alpha value is -2.12. The molecule has 1 aromatic rings. The smallest absolute Gasteiger partial charge is 0.243 e. The molecular weight excluding hydrogens is 356 g/mol. The van der Waals surface area contributed by atoms with E-state index in [1.165, 1.54) is 11.3 Å². The number of morpholine rings is 1. The minimum absolute atomic E-state index is 0.00781. The largest absolute Gasteiger partial charge is 0.378 e. The molecule has 1 N–H and O–H groups in total. The summed E-state index contributed by atoms with van der Waals surface area (Å²) in [7, 11) is 1.69. The molecule has 0 unspecified atom stereocenters. The molecule has 2 heterocycles. The van der Waals surface area contributed by atoms with Gasteiger partial charge in [0.05, 0.1) is 26.3 Å². The van der Waals surface area contributed by atoms with Crippen molar-refractivity contribution in [3.8, 4) is 0 Å². The fourth-order valence-electron chi connectivity index (χ4n) is 3.77. The molecular formula is C21H32N4O3. The minimum Gasteiger partial charge on any atom is -0.378 e. The van der Waals surface area contributed by atoms with Crippen molar-refractivity contribution in [2.24, 2.45) is 0 Å². The Balaban J connectivity index is 1.45. The number of anilines is 2. The summed E-state index contributed by atoms with van der Waals surface area (Å²) in [6.07, 6.45) is 3.51. The van der Waals surface area contributed by atoms with E-state index in [-0.39, 0.29) is 18.4 Å². The first-order chi connectivity index (χ1) is 13.5. The van der Waals surface area contributed by atoms with Gasteiger partial charge < -0.3 is 19.9 Å². The van der Waals surface area contributed by atoms with Gasteiger partial charge in [0.25, 0.3) is 0 Å². The molecule has 1 aromatic carbocycles. The average molecular weight is 389 g/mol. The number of amides is 2. The number of piperidine rings is 1. The van der Waals surface area contributed by atoms with Crippen LogP contribution in [-0.2, 0) is 14.3 Å². The highest BCUT2D eigenvalue weighted by atomic mass is 16.5. The molecule has 2 aliphatic rings. The number of likely N-dealkylation sites (tertiary alicyclic amines) is 1. The number of hydrogen-bond acceptors (Lipinski definition) is 5. The van der Waals surface area contributed by atoms with Gasteiger partial charge in [-0.3, -0.25) is 14.5 Å². The third kappa shape index (κ3) is 5.69. The third-order valence-electron chi connectivity index (χ3n) is 5.61. The lowest BCUT2D eigenvalue weighted by Gasteiger charge is -2.33. The van der Waals surface area contributed by atoms with Gasteiger partial charge in [-0.2, -0.15) is 0 Å². The lowest BCUT2D eigenvalue weighted by atomic mass is 10.0. The van der Waals surface area contributed by atoms with Crippen molar-refractivity contribution >= 4 is 23.2 Å². The predicted molar refractivity (Wildman–Crippen MR) is 111 cm³/mol. The number of hydrogen-bond donors (Lipinski definition) is 1. The summed E-state index contributed by atoms with van der Waals surface area (Å²) in [5, 5.41) is 2.88. The van der Waals surface area contributed by atoms with Crippen LogP contribution < -0.4 is 10.2 Å². The summed E-state index contributed by atoms with van der Waals surface area (Å²) in [4.78, 5) is 30.8. The van der Waals surface area contributed by atoms with Gasteiger partial charge in [-0.05, 0) is 50.6 Å². The molecule has 2 amide bonds. The van der Waals surface area contributed by atoms with E-state index in [0.717, 1.165) is 57.1 Å². The van der Waals surface area contributed by atoms with Crippen LogP contribution >= 0.6 is 0 Å². The fraction of sp³-hybridized carbons (Fsp3) is 0.619. The van der Waals surface area contributed by atoms with Crippen molar-refractivity contribution in [1.29, 1.82) is 0 Å². The molecule has 0 spiro atoms. The molecule has 0 aliphatic carbocycles. The maximum atomic E-state index is 12.5. The number of likely N-dealkylation sites (N-methyl/N-ethyl adjacent to an activating group) is 1. The summed E-state index contributed by atoms with van der Waals surface area (Å²) < 4.78 is 5.37. The van der Waals surface area contributed by atoms with Gasteiger partial charge in [0.2, 0.25) is 11.8 Å². The Morgan fingerprint density at radius 2 is 1.86 bits per heavy atom. The van der Waals surface area contributed by atoms with Crippen LogP contribution in [0.5, 0.6) is 0 Å². The Morgan fingerprint density at radius 3 is 2.54 bits per heavy atom. The van der Waals surface area contributed by atoms with Crippen molar-refractivity contribution in [3.05, 3.63) is 24.3 Å². The molecule has 0 aromatic heterocycles. The second kappa shape index (κ2) is 9.89. The third-order valence-corrected chi connectivity index (χ3v) is 5.61. The minimum atomic E-state index is -0.179. The number of carbonyl (C=O) groups is 2. The summed E-state index contributed by atoms with van der Waals surface area (Å²) >= 11 is 0. The average Bonchev–Trinajstić information content (AvgIpc) is 2.71. The van der Waals surface area contributed by atoms with E-state index in [4.69, 9.17) is 4.74 Å². The highest BCUT2D eigenvalue weighted by Gasteiger charge is 2.23. The van der Waals surface area contributed by atoms with E-state index >= 15 is 0 Å². The van der Waals surface area contributed by atoms with Crippen molar-refractivity contribution in [3.63, 3.8) is 0 Å². The van der Waals surface area contributed by atoms with Crippen LogP contribution in [-0.4, -0.2) is 80.6 Å². The van der Waals surface area contributed by atoms with Gasteiger partial charge in [-0.15, -0.1) is 0 Å². The number of benzene rings is 1. The Labute approximate surface area is 167 Å². The zero-order valence-corrected chi connectivity index (χ0v) is 17.0. The van der Waals surface area contributed by atoms with Crippen LogP contribution in [0, 0.1) is 0 Å². The molecule has 0 saturated carbocycles. The first kappa shape index (κ1) is 20.6. The second-order valence-corrected chi connectivity index (χ2v) is 7.76. The van der Waals surface area contributed by atoms with Crippen LogP contribution in [0.4, 0.5) is 11.4 Å². The number of rotatable bonds is 6. The number of nitrogens with zero attached hydrogens (tertiary/aromatic N) is 3. The monoisotopic (exact) mass is 388 g/mol. The molecule has 2 fully saturated rings. The van der Waals surface area contributed by atoms with Crippen LogP contribution in [0.2, 0.25) is 0 Å². The van der Waals surface area contributed by atoms with E-state index in [2.05, 4.69) is 22.0 Å². The van der Waals surface area contributed by atoms with Crippen LogP contribution in [0.1, 0.15) is 26.2 Å². The van der Waals surface area contributed by atoms with E-state index in [1.807, 2.05) is 24.3 Å². The summed E-state index contributed by atoms with van der Waals surface area (Å²) in [5.74, 6) is -0.187. The second-order valence-electron chi connectivity index (χ2n) is 7.76. The maximum Gasteiger partial charge on any atom is 0.243 e. The van der Waals surface area contributed by atoms with Crippen molar-refractivity contribution in [2.45, 2.75) is 32.2 Å². The highest BCUT2D eigenvalue weighted by Crippen LogP contribution is 2.19. The van der Waals surface area contributed by atoms with Gasteiger partial charge in [0.15, 0.2) is 0 Å². The van der Waals surface area contributed by atoms with E-state index < -0.39 is 0 Å². The lowest BCUT2D eigenvalue weighted by molar-refractivity contribution is -0.135. The summed E-state index contributed by atoms with van der Waals surface area (Å²) in [5.41, 5.74) is 1.87. The van der Waals surface area contributed by atoms with Crippen molar-refractivity contribution in [1.82, 2.24) is 9.80 Å². The summed E-state index contributed by atoms with van der Waals surface area (Å²) in [6.45, 7) is 6.83. The Bertz CT molecular complexity index is 658. The SMILES string of the molecule is C[C@@H]1CCCCN1CC(=O)N(C)CC(=O)Nc1ccc(N2CCOCC2)cc1. The number of ether oxygens (including phenoxy) is 1. The van der Waals surface area contributed by atoms with Crippen LogP contribution in [0.3, 0.4) is 0 Å². The van der Waals surface area contributed by atoms with Gasteiger partial charge in [-0.25, -0.2) is 0 Å². The molecule has 2 aliphatic heterocycles. The molecule has 1 atom stereocenters. The van der Waals surface area contributed by atoms with Gasteiger partial charge in [-0.1, -0.05) is 6.42 Å². The molecule has 3 rings (SSSR count). The van der Waals surface area contributed by atoms with Crippen molar-refractivity contribution in [2.75, 3.05) is 63.2 Å². The zero-order valence-electron chi connectivity index (χ0n) is 17.0. The molecule has 0 bridgehead atoms. The molecule has 7 heteroatoms. The van der Waals surface area contributed by atoms with Crippen molar-refractivity contribution < 1.29 is 14.3 Å². The molecule has 28 heavy (non-hydrogen) atoms. The van der Waals surface area contributed by atoms with E-state index in [1.54, 1.807) is 7.05 Å². The predicted octanol–water partition coefficient (Wildman–Crippen LogP) is 1.79. The highest BCUT2D eigenvalue weighted by molar-refractivity contribution is 5.94. The molecule has 2 saturated heterocycles. The molecule has 0 radical (unpaired) electrons. The van der Waals surface area contributed by atoms with E-state index in [0.29, 0.717) is 12.6 Å². The first-order valence-electron chi connectivity index (χ1n) is 10.2. The maximum absolute atomic E-state index is 12.5.